The Kier molecular flexibility index (Phi) is 4.66. The predicted octanol–water partition coefficient (Wildman–Crippen LogP) is 3.03. The Morgan fingerprint density at radius 3 is 2.82 bits per heavy atom. The third-order valence-electron chi connectivity index (χ3n) is 4.84. The summed E-state index contributed by atoms with van der Waals surface area (Å²) in [5, 5.41) is 3.61. The van der Waals surface area contributed by atoms with Crippen LogP contribution in [0.4, 0.5) is 4.39 Å². The molecule has 0 spiro atoms. The van der Waals surface area contributed by atoms with Gasteiger partial charge in [0.25, 0.3) is 0 Å². The lowest BCUT2D eigenvalue weighted by Crippen LogP contribution is -2.50. The first kappa shape index (κ1) is 15.7. The highest BCUT2D eigenvalue weighted by molar-refractivity contribution is 5.37. The zero-order valence-corrected chi connectivity index (χ0v) is 13.2. The molecule has 0 bridgehead atoms. The van der Waals surface area contributed by atoms with E-state index in [0.29, 0.717) is 18.3 Å². The fraction of sp³-hybridized carbons (Fsp3) is 0.647. The van der Waals surface area contributed by atoms with Gasteiger partial charge in [0.05, 0.1) is 6.61 Å². The van der Waals surface area contributed by atoms with Gasteiger partial charge in [0, 0.05) is 44.7 Å². The number of halogens is 1. The molecule has 0 aromatic heterocycles. The first-order chi connectivity index (χ1) is 10.7. The Morgan fingerprint density at radius 1 is 1.32 bits per heavy atom. The number of hydrogen-bond acceptors (Lipinski definition) is 4. The van der Waals surface area contributed by atoms with Crippen molar-refractivity contribution >= 4 is 0 Å². The largest absolute Gasteiger partial charge is 0.493 e. The summed E-state index contributed by atoms with van der Waals surface area (Å²) in [6.07, 6.45) is 3.79. The Balaban J connectivity index is 1.60. The molecule has 1 fully saturated rings. The SMILES string of the molecule is COC1(OC)CC(CNC2CCCOc3cc(F)ccc32)C1. The average Bonchev–Trinajstić information content (AvgIpc) is 2.68. The van der Waals surface area contributed by atoms with Crippen LogP contribution in [0.15, 0.2) is 18.2 Å². The monoisotopic (exact) mass is 309 g/mol. The number of benzene rings is 1. The van der Waals surface area contributed by atoms with Gasteiger partial charge in [-0.2, -0.15) is 0 Å². The van der Waals surface area contributed by atoms with Gasteiger partial charge in [0.15, 0.2) is 5.79 Å². The van der Waals surface area contributed by atoms with Gasteiger partial charge in [0.2, 0.25) is 0 Å². The number of hydrogen-bond donors (Lipinski definition) is 1. The molecule has 0 amide bonds. The van der Waals surface area contributed by atoms with Crippen molar-refractivity contribution in [3.05, 3.63) is 29.6 Å². The maximum Gasteiger partial charge on any atom is 0.168 e. The quantitative estimate of drug-likeness (QED) is 0.849. The van der Waals surface area contributed by atoms with Crippen molar-refractivity contribution in [1.29, 1.82) is 0 Å². The molecule has 1 unspecified atom stereocenters. The Morgan fingerprint density at radius 2 is 2.09 bits per heavy atom. The van der Waals surface area contributed by atoms with Crippen LogP contribution in [0.1, 0.15) is 37.3 Å². The number of nitrogens with one attached hydrogen (secondary N) is 1. The van der Waals surface area contributed by atoms with Gasteiger partial charge in [-0.05, 0) is 31.4 Å². The normalized spacial score (nSPS) is 24.0. The molecule has 22 heavy (non-hydrogen) atoms. The molecule has 1 heterocycles. The van der Waals surface area contributed by atoms with Crippen molar-refractivity contribution in [2.45, 2.75) is 37.5 Å². The van der Waals surface area contributed by atoms with Crippen molar-refractivity contribution in [3.63, 3.8) is 0 Å². The van der Waals surface area contributed by atoms with Gasteiger partial charge in [-0.1, -0.05) is 6.07 Å². The molecule has 0 saturated heterocycles. The van der Waals surface area contributed by atoms with E-state index in [2.05, 4.69) is 5.32 Å². The molecular weight excluding hydrogens is 285 g/mol. The lowest BCUT2D eigenvalue weighted by molar-refractivity contribution is -0.269. The molecular formula is C17H24FNO3. The third-order valence-corrected chi connectivity index (χ3v) is 4.84. The van der Waals surface area contributed by atoms with E-state index in [1.165, 1.54) is 12.1 Å². The van der Waals surface area contributed by atoms with Crippen LogP contribution in [-0.4, -0.2) is 33.2 Å². The van der Waals surface area contributed by atoms with Gasteiger partial charge in [0.1, 0.15) is 11.6 Å². The van der Waals surface area contributed by atoms with Crippen LogP contribution < -0.4 is 10.1 Å². The van der Waals surface area contributed by atoms with Crippen molar-refractivity contribution in [3.8, 4) is 5.75 Å². The fourth-order valence-corrected chi connectivity index (χ4v) is 3.45. The van der Waals surface area contributed by atoms with Crippen molar-refractivity contribution in [2.24, 2.45) is 5.92 Å². The zero-order chi connectivity index (χ0) is 15.6. The standard InChI is InChI=1S/C17H24FNO3/c1-20-17(21-2)9-12(10-17)11-19-15-4-3-7-22-16-8-13(18)5-6-14(15)16/h5-6,8,12,15,19H,3-4,7,9-11H2,1-2H3. The summed E-state index contributed by atoms with van der Waals surface area (Å²) >= 11 is 0. The summed E-state index contributed by atoms with van der Waals surface area (Å²) in [5.74, 6) is 0.586. The van der Waals surface area contributed by atoms with E-state index < -0.39 is 0 Å². The molecule has 1 aliphatic heterocycles. The van der Waals surface area contributed by atoms with Crippen molar-refractivity contribution in [1.82, 2.24) is 5.32 Å². The number of fused-ring (bicyclic) bond motifs is 1. The maximum atomic E-state index is 13.4. The van der Waals surface area contributed by atoms with Crippen LogP contribution in [0, 0.1) is 11.7 Å². The molecule has 1 aromatic rings. The van der Waals surface area contributed by atoms with Crippen LogP contribution in [-0.2, 0) is 9.47 Å². The van der Waals surface area contributed by atoms with Crippen LogP contribution in [0.3, 0.4) is 0 Å². The molecule has 1 aliphatic carbocycles. The van der Waals surface area contributed by atoms with Crippen LogP contribution in [0.25, 0.3) is 0 Å². The molecule has 4 nitrogen and oxygen atoms in total. The van der Waals surface area contributed by atoms with Gasteiger partial charge < -0.3 is 19.5 Å². The summed E-state index contributed by atoms with van der Waals surface area (Å²) in [6, 6.07) is 5.05. The van der Waals surface area contributed by atoms with Gasteiger partial charge in [-0.3, -0.25) is 0 Å². The summed E-state index contributed by atoms with van der Waals surface area (Å²) in [5.41, 5.74) is 1.06. The van der Waals surface area contributed by atoms with Gasteiger partial charge in [-0.15, -0.1) is 0 Å². The van der Waals surface area contributed by atoms with Gasteiger partial charge in [-0.25, -0.2) is 4.39 Å². The highest BCUT2D eigenvalue weighted by Gasteiger charge is 2.44. The second kappa shape index (κ2) is 6.52. The van der Waals surface area contributed by atoms with E-state index in [9.17, 15) is 4.39 Å². The Hall–Kier alpha value is -1.17. The molecule has 0 radical (unpaired) electrons. The summed E-state index contributed by atoms with van der Waals surface area (Å²) in [6.45, 7) is 1.56. The highest BCUT2D eigenvalue weighted by atomic mass is 19.1. The molecule has 5 heteroatoms. The first-order valence-electron chi connectivity index (χ1n) is 7.92. The van der Waals surface area contributed by atoms with Gasteiger partial charge >= 0.3 is 0 Å². The maximum absolute atomic E-state index is 13.4. The highest BCUT2D eigenvalue weighted by Crippen LogP contribution is 2.41. The van der Waals surface area contributed by atoms with Crippen LogP contribution in [0.5, 0.6) is 5.75 Å². The molecule has 1 atom stereocenters. The van der Waals surface area contributed by atoms with E-state index in [-0.39, 0.29) is 17.6 Å². The summed E-state index contributed by atoms with van der Waals surface area (Å²) < 4.78 is 29.9. The third kappa shape index (κ3) is 3.12. The smallest absolute Gasteiger partial charge is 0.168 e. The Bertz CT molecular complexity index is 511. The van der Waals surface area contributed by atoms with E-state index in [1.807, 2.05) is 6.07 Å². The summed E-state index contributed by atoms with van der Waals surface area (Å²) in [7, 11) is 3.39. The van der Waals surface area contributed by atoms with Crippen molar-refractivity contribution in [2.75, 3.05) is 27.4 Å². The topological polar surface area (TPSA) is 39.7 Å². The second-order valence-electron chi connectivity index (χ2n) is 6.23. The number of ether oxygens (including phenoxy) is 3. The zero-order valence-electron chi connectivity index (χ0n) is 13.2. The molecule has 1 N–H and O–H groups in total. The molecule has 1 aromatic carbocycles. The fourth-order valence-electron chi connectivity index (χ4n) is 3.45. The summed E-state index contributed by atoms with van der Waals surface area (Å²) in [4.78, 5) is 0. The predicted molar refractivity (Wildman–Crippen MR) is 81.3 cm³/mol. The number of methoxy groups -OCH3 is 2. The van der Waals surface area contributed by atoms with E-state index >= 15 is 0 Å². The number of rotatable bonds is 5. The van der Waals surface area contributed by atoms with E-state index in [0.717, 1.165) is 37.8 Å². The lowest BCUT2D eigenvalue weighted by Gasteiger charge is -2.45. The molecule has 2 aliphatic rings. The van der Waals surface area contributed by atoms with E-state index in [4.69, 9.17) is 14.2 Å². The molecule has 1 saturated carbocycles. The minimum absolute atomic E-state index is 0.221. The van der Waals surface area contributed by atoms with Crippen LogP contribution in [0.2, 0.25) is 0 Å². The minimum atomic E-state index is -0.389. The lowest BCUT2D eigenvalue weighted by atomic mass is 9.78. The van der Waals surface area contributed by atoms with E-state index in [1.54, 1.807) is 14.2 Å². The average molecular weight is 309 g/mol. The van der Waals surface area contributed by atoms with Crippen molar-refractivity contribution < 1.29 is 18.6 Å². The molecule has 3 rings (SSSR count). The Labute approximate surface area is 130 Å². The first-order valence-corrected chi connectivity index (χ1v) is 7.92. The second-order valence-corrected chi connectivity index (χ2v) is 6.23. The minimum Gasteiger partial charge on any atom is -0.493 e. The van der Waals surface area contributed by atoms with Crippen LogP contribution >= 0.6 is 0 Å². The molecule has 122 valence electrons.